The maximum absolute atomic E-state index is 12.3. The number of para-hydroxylation sites is 1. The Balaban J connectivity index is 2.01. The van der Waals surface area contributed by atoms with Crippen LogP contribution in [0.4, 0.5) is 0 Å². The van der Waals surface area contributed by atoms with Gasteiger partial charge in [0, 0.05) is 7.05 Å². The number of fused-ring (bicyclic) bond motifs is 1. The number of ether oxygens (including phenoxy) is 1. The van der Waals surface area contributed by atoms with Crippen molar-refractivity contribution in [3.05, 3.63) is 70.3 Å². The van der Waals surface area contributed by atoms with Gasteiger partial charge in [0.15, 0.2) is 0 Å². The van der Waals surface area contributed by atoms with Gasteiger partial charge >= 0.3 is 0 Å². The highest BCUT2D eigenvalue weighted by molar-refractivity contribution is 5.79. The summed E-state index contributed by atoms with van der Waals surface area (Å²) in [5.74, 6) is 1.44. The third kappa shape index (κ3) is 2.63. The molecule has 0 unspecified atom stereocenters. The molecular weight excluding hydrogens is 276 g/mol. The summed E-state index contributed by atoms with van der Waals surface area (Å²) in [7, 11) is 3.37. The summed E-state index contributed by atoms with van der Waals surface area (Å²) >= 11 is 0. The summed E-state index contributed by atoms with van der Waals surface area (Å²) in [6, 6.07) is 15.1. The van der Waals surface area contributed by atoms with Crippen LogP contribution in [0.25, 0.3) is 23.1 Å². The van der Waals surface area contributed by atoms with Crippen molar-refractivity contribution < 1.29 is 4.74 Å². The monoisotopic (exact) mass is 292 g/mol. The van der Waals surface area contributed by atoms with Crippen molar-refractivity contribution in [2.45, 2.75) is 0 Å². The SMILES string of the molecule is COc1ccc(/C=C/c2nc3ccccc3c(=O)n2C)cc1. The van der Waals surface area contributed by atoms with Crippen molar-refractivity contribution in [3.8, 4) is 5.75 Å². The van der Waals surface area contributed by atoms with Gasteiger partial charge in [-0.25, -0.2) is 4.98 Å². The Hall–Kier alpha value is -2.88. The summed E-state index contributed by atoms with van der Waals surface area (Å²) in [5, 5.41) is 0.631. The molecule has 4 heteroatoms. The maximum Gasteiger partial charge on any atom is 0.261 e. The molecule has 0 bridgehead atoms. The van der Waals surface area contributed by atoms with Crippen LogP contribution < -0.4 is 10.3 Å². The lowest BCUT2D eigenvalue weighted by Crippen LogP contribution is -2.20. The van der Waals surface area contributed by atoms with Gasteiger partial charge in [0.05, 0.1) is 18.0 Å². The van der Waals surface area contributed by atoms with Gasteiger partial charge in [-0.05, 0) is 35.9 Å². The smallest absolute Gasteiger partial charge is 0.261 e. The van der Waals surface area contributed by atoms with E-state index < -0.39 is 0 Å². The van der Waals surface area contributed by atoms with Crippen LogP contribution in [0.3, 0.4) is 0 Å². The molecule has 1 aromatic heterocycles. The Morgan fingerprint density at radius 3 is 2.50 bits per heavy atom. The molecule has 3 rings (SSSR count). The molecule has 0 aliphatic rings. The fourth-order valence-electron chi connectivity index (χ4n) is 2.27. The second kappa shape index (κ2) is 5.85. The number of nitrogens with zero attached hydrogens (tertiary/aromatic N) is 2. The van der Waals surface area contributed by atoms with Crippen LogP contribution in [0.1, 0.15) is 11.4 Å². The summed E-state index contributed by atoms with van der Waals surface area (Å²) < 4.78 is 6.69. The van der Waals surface area contributed by atoms with Crippen LogP contribution in [0.15, 0.2) is 53.3 Å². The average molecular weight is 292 g/mol. The molecule has 0 amide bonds. The predicted octanol–water partition coefficient (Wildman–Crippen LogP) is 3.11. The summed E-state index contributed by atoms with van der Waals surface area (Å²) in [6.45, 7) is 0. The van der Waals surface area contributed by atoms with E-state index in [1.165, 1.54) is 0 Å². The van der Waals surface area contributed by atoms with Gasteiger partial charge in [0.2, 0.25) is 0 Å². The van der Waals surface area contributed by atoms with Crippen LogP contribution in [-0.4, -0.2) is 16.7 Å². The predicted molar refractivity (Wildman–Crippen MR) is 88.9 cm³/mol. The number of hydrogen-bond acceptors (Lipinski definition) is 3. The molecule has 2 aromatic carbocycles. The summed E-state index contributed by atoms with van der Waals surface area (Å²) in [6.07, 6.45) is 3.77. The molecule has 0 aliphatic heterocycles. The Kier molecular flexibility index (Phi) is 3.74. The molecule has 1 heterocycles. The largest absolute Gasteiger partial charge is 0.497 e. The van der Waals surface area contributed by atoms with Crippen molar-refractivity contribution in [2.24, 2.45) is 7.05 Å². The molecule has 22 heavy (non-hydrogen) atoms. The first-order valence-corrected chi connectivity index (χ1v) is 6.97. The lowest BCUT2D eigenvalue weighted by Gasteiger charge is -2.05. The van der Waals surface area contributed by atoms with Crippen molar-refractivity contribution in [3.63, 3.8) is 0 Å². The van der Waals surface area contributed by atoms with Crippen molar-refractivity contribution in [2.75, 3.05) is 7.11 Å². The van der Waals surface area contributed by atoms with Crippen LogP contribution >= 0.6 is 0 Å². The van der Waals surface area contributed by atoms with E-state index in [1.807, 2.05) is 54.6 Å². The zero-order valence-electron chi connectivity index (χ0n) is 12.5. The molecule has 0 fully saturated rings. The van der Waals surface area contributed by atoms with Gasteiger partial charge in [-0.15, -0.1) is 0 Å². The highest BCUT2D eigenvalue weighted by Gasteiger charge is 2.05. The van der Waals surface area contributed by atoms with Crippen molar-refractivity contribution in [1.82, 2.24) is 9.55 Å². The normalized spacial score (nSPS) is 11.2. The Morgan fingerprint density at radius 2 is 1.77 bits per heavy atom. The average Bonchev–Trinajstić information content (AvgIpc) is 2.57. The Morgan fingerprint density at radius 1 is 1.05 bits per heavy atom. The van der Waals surface area contributed by atoms with Gasteiger partial charge in [-0.3, -0.25) is 9.36 Å². The Bertz CT molecular complexity index is 893. The minimum atomic E-state index is -0.0417. The molecule has 4 nitrogen and oxygen atoms in total. The lowest BCUT2D eigenvalue weighted by atomic mass is 10.2. The van der Waals surface area contributed by atoms with E-state index in [1.54, 1.807) is 24.8 Å². The second-order valence-electron chi connectivity index (χ2n) is 4.96. The first-order chi connectivity index (χ1) is 10.7. The second-order valence-corrected chi connectivity index (χ2v) is 4.96. The number of aromatic nitrogens is 2. The molecule has 0 saturated carbocycles. The molecule has 0 N–H and O–H groups in total. The van der Waals surface area contributed by atoms with Gasteiger partial charge in [0.1, 0.15) is 11.6 Å². The van der Waals surface area contributed by atoms with E-state index in [9.17, 15) is 4.79 Å². The zero-order chi connectivity index (χ0) is 15.5. The highest BCUT2D eigenvalue weighted by atomic mass is 16.5. The molecule has 0 aliphatic carbocycles. The third-order valence-corrected chi connectivity index (χ3v) is 3.56. The highest BCUT2D eigenvalue weighted by Crippen LogP contribution is 2.14. The number of benzene rings is 2. The van der Waals surface area contributed by atoms with Crippen LogP contribution in [0.5, 0.6) is 5.75 Å². The first-order valence-electron chi connectivity index (χ1n) is 6.97. The maximum atomic E-state index is 12.3. The number of hydrogen-bond donors (Lipinski definition) is 0. The number of methoxy groups -OCH3 is 1. The quantitative estimate of drug-likeness (QED) is 0.745. The van der Waals surface area contributed by atoms with E-state index in [0.717, 1.165) is 11.3 Å². The van der Waals surface area contributed by atoms with Gasteiger partial charge in [-0.2, -0.15) is 0 Å². The van der Waals surface area contributed by atoms with Crippen LogP contribution in [0, 0.1) is 0 Å². The van der Waals surface area contributed by atoms with E-state index >= 15 is 0 Å². The molecular formula is C18H16N2O2. The molecule has 0 atom stereocenters. The van der Waals surface area contributed by atoms with Crippen LogP contribution in [0.2, 0.25) is 0 Å². The fourth-order valence-corrected chi connectivity index (χ4v) is 2.27. The lowest BCUT2D eigenvalue weighted by molar-refractivity contribution is 0.415. The molecule has 0 saturated heterocycles. The van der Waals surface area contributed by atoms with Crippen LogP contribution in [-0.2, 0) is 7.05 Å². The minimum absolute atomic E-state index is 0.0417. The van der Waals surface area contributed by atoms with Gasteiger partial charge in [-0.1, -0.05) is 30.3 Å². The standard InChI is InChI=1S/C18H16N2O2/c1-20-17(12-9-13-7-10-14(22-2)11-8-13)19-16-6-4-3-5-15(16)18(20)21/h3-12H,1-2H3/b12-9+. The molecule has 110 valence electrons. The van der Waals surface area contributed by atoms with E-state index in [4.69, 9.17) is 4.74 Å². The van der Waals surface area contributed by atoms with Gasteiger partial charge < -0.3 is 4.74 Å². The van der Waals surface area contributed by atoms with E-state index in [2.05, 4.69) is 4.98 Å². The van der Waals surface area contributed by atoms with Crippen molar-refractivity contribution >= 4 is 23.1 Å². The first kappa shape index (κ1) is 14.1. The van der Waals surface area contributed by atoms with E-state index in [-0.39, 0.29) is 5.56 Å². The minimum Gasteiger partial charge on any atom is -0.497 e. The van der Waals surface area contributed by atoms with Gasteiger partial charge in [0.25, 0.3) is 5.56 Å². The third-order valence-electron chi connectivity index (χ3n) is 3.56. The number of rotatable bonds is 3. The zero-order valence-corrected chi connectivity index (χ0v) is 12.5. The van der Waals surface area contributed by atoms with E-state index in [0.29, 0.717) is 16.7 Å². The topological polar surface area (TPSA) is 44.1 Å². The molecule has 0 radical (unpaired) electrons. The summed E-state index contributed by atoms with van der Waals surface area (Å²) in [4.78, 5) is 16.9. The van der Waals surface area contributed by atoms with Crippen molar-refractivity contribution in [1.29, 1.82) is 0 Å². The molecule has 0 spiro atoms. The molecule has 3 aromatic rings. The Labute approximate surface area is 128 Å². The fraction of sp³-hybridized carbons (Fsp3) is 0.111. The summed E-state index contributed by atoms with van der Waals surface area (Å²) in [5.41, 5.74) is 1.68.